The van der Waals surface area contributed by atoms with Crippen molar-refractivity contribution >= 4 is 5.78 Å². The van der Waals surface area contributed by atoms with Gasteiger partial charge in [-0.1, -0.05) is 6.07 Å². The van der Waals surface area contributed by atoms with Crippen molar-refractivity contribution in [3.05, 3.63) is 23.8 Å². The molecule has 1 aromatic rings. The predicted octanol–water partition coefficient (Wildman–Crippen LogP) is 0.542. The quantitative estimate of drug-likeness (QED) is 0.667. The summed E-state index contributed by atoms with van der Waals surface area (Å²) >= 11 is 0. The van der Waals surface area contributed by atoms with Crippen molar-refractivity contribution in [1.82, 2.24) is 0 Å². The Morgan fingerprint density at radius 1 is 1.62 bits per heavy atom. The van der Waals surface area contributed by atoms with Crippen LogP contribution in [0, 0.1) is 0 Å². The number of nitrogens with two attached hydrogens (primary N) is 1. The molecule has 0 fully saturated rings. The van der Waals surface area contributed by atoms with Gasteiger partial charge in [0, 0.05) is 0 Å². The third-order valence-electron chi connectivity index (χ3n) is 1.69. The molecule has 0 aliphatic rings. The van der Waals surface area contributed by atoms with Gasteiger partial charge in [0.1, 0.15) is 17.1 Å². The van der Waals surface area contributed by atoms with Gasteiger partial charge >= 0.3 is 0 Å². The maximum absolute atomic E-state index is 11.2. The normalized spacial score (nSPS) is 9.69. The van der Waals surface area contributed by atoms with Crippen molar-refractivity contribution in [3.8, 4) is 11.5 Å². The Hall–Kier alpha value is -1.55. The third kappa shape index (κ3) is 1.78. The van der Waals surface area contributed by atoms with Crippen LogP contribution in [-0.2, 0) is 0 Å². The van der Waals surface area contributed by atoms with Crippen LogP contribution in [0.1, 0.15) is 10.4 Å². The molecular formula is C9H11NO3. The van der Waals surface area contributed by atoms with Crippen LogP contribution in [-0.4, -0.2) is 24.5 Å². The molecule has 0 saturated heterocycles. The van der Waals surface area contributed by atoms with Gasteiger partial charge in [-0.05, 0) is 12.1 Å². The van der Waals surface area contributed by atoms with Crippen LogP contribution in [0.15, 0.2) is 18.2 Å². The summed E-state index contributed by atoms with van der Waals surface area (Å²) in [6.07, 6.45) is 0. The van der Waals surface area contributed by atoms with E-state index in [0.29, 0.717) is 5.75 Å². The number of benzene rings is 1. The van der Waals surface area contributed by atoms with E-state index in [2.05, 4.69) is 0 Å². The Balaban J connectivity index is 3.22. The number of phenols is 1. The summed E-state index contributed by atoms with van der Waals surface area (Å²) in [6, 6.07) is 4.62. The van der Waals surface area contributed by atoms with E-state index < -0.39 is 0 Å². The first-order chi connectivity index (χ1) is 6.20. The van der Waals surface area contributed by atoms with Crippen LogP contribution < -0.4 is 10.5 Å². The predicted molar refractivity (Wildman–Crippen MR) is 48.0 cm³/mol. The van der Waals surface area contributed by atoms with Crippen molar-refractivity contribution in [1.29, 1.82) is 0 Å². The number of carbonyl (C=O) groups excluding carboxylic acids is 1. The smallest absolute Gasteiger partial charge is 0.183 e. The Kier molecular flexibility index (Phi) is 2.87. The van der Waals surface area contributed by atoms with E-state index in [4.69, 9.17) is 10.5 Å². The van der Waals surface area contributed by atoms with E-state index in [0.717, 1.165) is 0 Å². The average molecular weight is 181 g/mol. The molecular weight excluding hydrogens is 170 g/mol. The number of rotatable bonds is 3. The highest BCUT2D eigenvalue weighted by molar-refractivity contribution is 6.02. The van der Waals surface area contributed by atoms with Crippen LogP contribution in [0.5, 0.6) is 11.5 Å². The molecule has 0 saturated carbocycles. The topological polar surface area (TPSA) is 72.5 Å². The Labute approximate surface area is 75.9 Å². The number of Topliss-reactive ketones (excluding diaryl/α,β-unsaturated/α-hetero) is 1. The zero-order valence-electron chi connectivity index (χ0n) is 7.28. The standard InChI is InChI=1S/C9H11NO3/c1-13-8-4-2-3-6(11)9(8)7(12)5-10/h2-4,11H,5,10H2,1H3. The Morgan fingerprint density at radius 3 is 2.85 bits per heavy atom. The Bertz CT molecular complexity index is 323. The van der Waals surface area contributed by atoms with Gasteiger partial charge < -0.3 is 15.6 Å². The first-order valence-electron chi connectivity index (χ1n) is 3.80. The summed E-state index contributed by atoms with van der Waals surface area (Å²) < 4.78 is 4.91. The van der Waals surface area contributed by atoms with E-state index in [1.165, 1.54) is 13.2 Å². The minimum Gasteiger partial charge on any atom is -0.507 e. The van der Waals surface area contributed by atoms with Gasteiger partial charge in [0.2, 0.25) is 0 Å². The van der Waals surface area contributed by atoms with Gasteiger partial charge in [-0.15, -0.1) is 0 Å². The highest BCUT2D eigenvalue weighted by atomic mass is 16.5. The maximum atomic E-state index is 11.2. The van der Waals surface area contributed by atoms with Gasteiger partial charge in [-0.25, -0.2) is 0 Å². The van der Waals surface area contributed by atoms with Gasteiger partial charge in [-0.3, -0.25) is 4.79 Å². The summed E-state index contributed by atoms with van der Waals surface area (Å²) in [5, 5.41) is 9.37. The third-order valence-corrected chi connectivity index (χ3v) is 1.69. The number of carbonyl (C=O) groups is 1. The van der Waals surface area contributed by atoms with E-state index in [1.54, 1.807) is 12.1 Å². The lowest BCUT2D eigenvalue weighted by atomic mass is 10.1. The van der Waals surface area contributed by atoms with E-state index in [-0.39, 0.29) is 23.6 Å². The number of hydrogen-bond acceptors (Lipinski definition) is 4. The minimum absolute atomic E-state index is 0.102. The van der Waals surface area contributed by atoms with Gasteiger partial charge in [-0.2, -0.15) is 0 Å². The van der Waals surface area contributed by atoms with Gasteiger partial charge in [0.05, 0.1) is 13.7 Å². The Morgan fingerprint density at radius 2 is 2.31 bits per heavy atom. The molecule has 0 aromatic heterocycles. The fourth-order valence-corrected chi connectivity index (χ4v) is 1.07. The first kappa shape index (κ1) is 9.54. The van der Waals surface area contributed by atoms with Crippen LogP contribution >= 0.6 is 0 Å². The molecule has 4 nitrogen and oxygen atoms in total. The van der Waals surface area contributed by atoms with Crippen molar-refractivity contribution in [2.45, 2.75) is 0 Å². The number of ether oxygens (including phenoxy) is 1. The molecule has 0 radical (unpaired) electrons. The van der Waals surface area contributed by atoms with Crippen LogP contribution in [0.4, 0.5) is 0 Å². The second-order valence-corrected chi connectivity index (χ2v) is 2.48. The van der Waals surface area contributed by atoms with Crippen LogP contribution in [0.25, 0.3) is 0 Å². The molecule has 13 heavy (non-hydrogen) atoms. The number of aromatic hydroxyl groups is 1. The molecule has 0 bridgehead atoms. The molecule has 70 valence electrons. The highest BCUT2D eigenvalue weighted by Crippen LogP contribution is 2.27. The molecule has 0 heterocycles. The summed E-state index contributed by atoms with van der Waals surface area (Å²) in [5.41, 5.74) is 5.33. The zero-order valence-corrected chi connectivity index (χ0v) is 7.28. The fourth-order valence-electron chi connectivity index (χ4n) is 1.07. The van der Waals surface area contributed by atoms with E-state index >= 15 is 0 Å². The van der Waals surface area contributed by atoms with E-state index in [1.807, 2.05) is 0 Å². The summed E-state index contributed by atoms with van der Waals surface area (Å²) in [5.74, 6) is -0.0970. The molecule has 1 rings (SSSR count). The molecule has 0 aliphatic carbocycles. The lowest BCUT2D eigenvalue weighted by Crippen LogP contribution is -2.14. The second kappa shape index (κ2) is 3.91. The van der Waals surface area contributed by atoms with Crippen molar-refractivity contribution in [2.24, 2.45) is 5.73 Å². The lowest BCUT2D eigenvalue weighted by molar-refractivity contribution is 0.0996. The first-order valence-corrected chi connectivity index (χ1v) is 3.80. The molecule has 0 spiro atoms. The molecule has 4 heteroatoms. The van der Waals surface area contributed by atoms with Crippen molar-refractivity contribution in [3.63, 3.8) is 0 Å². The zero-order chi connectivity index (χ0) is 9.84. The van der Waals surface area contributed by atoms with Crippen molar-refractivity contribution < 1.29 is 14.6 Å². The largest absolute Gasteiger partial charge is 0.507 e. The number of methoxy groups -OCH3 is 1. The second-order valence-electron chi connectivity index (χ2n) is 2.48. The molecule has 0 aliphatic heterocycles. The van der Waals surface area contributed by atoms with Gasteiger partial charge in [0.25, 0.3) is 0 Å². The number of phenolic OH excluding ortho intramolecular Hbond substituents is 1. The van der Waals surface area contributed by atoms with Crippen LogP contribution in [0.3, 0.4) is 0 Å². The molecule has 0 unspecified atom stereocenters. The summed E-state index contributed by atoms with van der Waals surface area (Å²) in [4.78, 5) is 11.2. The molecule has 0 amide bonds. The monoisotopic (exact) mass is 181 g/mol. The minimum atomic E-state index is -0.338. The molecule has 0 atom stereocenters. The number of hydrogen-bond donors (Lipinski definition) is 2. The van der Waals surface area contributed by atoms with E-state index in [9.17, 15) is 9.90 Å². The van der Waals surface area contributed by atoms with Gasteiger partial charge in [0.15, 0.2) is 5.78 Å². The maximum Gasteiger partial charge on any atom is 0.183 e. The van der Waals surface area contributed by atoms with Crippen LogP contribution in [0.2, 0.25) is 0 Å². The number of ketones is 1. The average Bonchev–Trinajstić information content (AvgIpc) is 2.16. The fraction of sp³-hybridized carbons (Fsp3) is 0.222. The van der Waals surface area contributed by atoms with Crippen molar-refractivity contribution in [2.75, 3.05) is 13.7 Å². The molecule has 1 aromatic carbocycles. The SMILES string of the molecule is COc1cccc(O)c1C(=O)CN. The molecule has 3 N–H and O–H groups in total. The highest BCUT2D eigenvalue weighted by Gasteiger charge is 2.14. The summed E-state index contributed by atoms with van der Waals surface area (Å²) in [6.45, 7) is -0.145. The lowest BCUT2D eigenvalue weighted by Gasteiger charge is -2.07. The summed E-state index contributed by atoms with van der Waals surface area (Å²) in [7, 11) is 1.43.